The molecule has 2 rings (SSSR count). The fourth-order valence-electron chi connectivity index (χ4n) is 1.72. The predicted octanol–water partition coefficient (Wildman–Crippen LogP) is 3.01. The van der Waals surface area contributed by atoms with Crippen LogP contribution in [0.15, 0.2) is 29.7 Å². The van der Waals surface area contributed by atoms with Crippen LogP contribution < -0.4 is 5.32 Å². The Balaban J connectivity index is 2.02. The monoisotopic (exact) mass is 351 g/mol. The molecule has 0 spiro atoms. The molecule has 0 unspecified atom stereocenters. The molecular formula is C15H17N3O3S2. The number of nitrogens with zero attached hydrogens (tertiary/aromatic N) is 2. The molecule has 2 heterocycles. The quantitative estimate of drug-likeness (QED) is 0.469. The van der Waals surface area contributed by atoms with Crippen molar-refractivity contribution >= 4 is 40.0 Å². The van der Waals surface area contributed by atoms with E-state index in [0.29, 0.717) is 22.3 Å². The average Bonchev–Trinajstić information content (AvgIpc) is 2.97. The van der Waals surface area contributed by atoms with Crippen molar-refractivity contribution in [2.45, 2.75) is 25.4 Å². The maximum atomic E-state index is 12.1. The molecule has 0 fully saturated rings. The largest absolute Gasteiger partial charge is 0.462 e. The van der Waals surface area contributed by atoms with Gasteiger partial charge in [-0.2, -0.15) is 0 Å². The van der Waals surface area contributed by atoms with Crippen molar-refractivity contribution in [3.8, 4) is 0 Å². The number of aromatic nitrogens is 2. The standard InChI is InChI=1S/C15H17N3O3S2/c1-3-10-8-11(14(20)21-4-2)13(23-10)18-12(19)9-22-15-16-6-5-7-17-15/h5-8H,3-4,9H2,1-2H3,(H,18,19). The van der Waals surface area contributed by atoms with E-state index in [0.717, 1.165) is 11.3 Å². The van der Waals surface area contributed by atoms with E-state index in [2.05, 4.69) is 15.3 Å². The molecule has 0 aliphatic heterocycles. The summed E-state index contributed by atoms with van der Waals surface area (Å²) in [5.74, 6) is -0.457. The van der Waals surface area contributed by atoms with Gasteiger partial charge in [0, 0.05) is 17.3 Å². The molecule has 0 aliphatic rings. The van der Waals surface area contributed by atoms with Gasteiger partial charge in [0.15, 0.2) is 5.16 Å². The van der Waals surface area contributed by atoms with Crippen LogP contribution in [0.1, 0.15) is 29.1 Å². The summed E-state index contributed by atoms with van der Waals surface area (Å²) in [5, 5.41) is 3.84. The van der Waals surface area contributed by atoms with Crippen LogP contribution in [0, 0.1) is 0 Å². The van der Waals surface area contributed by atoms with Gasteiger partial charge < -0.3 is 10.1 Å². The number of ether oxygens (including phenoxy) is 1. The van der Waals surface area contributed by atoms with E-state index in [4.69, 9.17) is 4.74 Å². The van der Waals surface area contributed by atoms with E-state index in [1.165, 1.54) is 23.1 Å². The number of esters is 1. The predicted molar refractivity (Wildman–Crippen MR) is 91.0 cm³/mol. The molecule has 0 aliphatic carbocycles. The molecule has 0 aromatic carbocycles. The van der Waals surface area contributed by atoms with Gasteiger partial charge in [0.25, 0.3) is 0 Å². The van der Waals surface area contributed by atoms with Gasteiger partial charge in [-0.3, -0.25) is 4.79 Å². The lowest BCUT2D eigenvalue weighted by Crippen LogP contribution is -2.16. The lowest BCUT2D eigenvalue weighted by atomic mass is 10.2. The number of amides is 1. The molecule has 0 saturated heterocycles. The number of thioether (sulfide) groups is 1. The van der Waals surface area contributed by atoms with E-state index in [9.17, 15) is 9.59 Å². The Morgan fingerprint density at radius 1 is 1.30 bits per heavy atom. The fraction of sp³-hybridized carbons (Fsp3) is 0.333. The Labute approximate surface area is 142 Å². The van der Waals surface area contributed by atoms with Crippen LogP contribution in [-0.4, -0.2) is 34.2 Å². The summed E-state index contributed by atoms with van der Waals surface area (Å²) < 4.78 is 5.03. The van der Waals surface area contributed by atoms with Gasteiger partial charge >= 0.3 is 5.97 Å². The van der Waals surface area contributed by atoms with Gasteiger partial charge in [-0.25, -0.2) is 14.8 Å². The highest BCUT2D eigenvalue weighted by Gasteiger charge is 2.18. The molecule has 23 heavy (non-hydrogen) atoms. The minimum absolute atomic E-state index is 0.172. The molecule has 2 aromatic heterocycles. The normalized spacial score (nSPS) is 10.3. The molecule has 0 saturated carbocycles. The Hall–Kier alpha value is -1.93. The molecule has 2 aromatic rings. The first kappa shape index (κ1) is 17.4. The van der Waals surface area contributed by atoms with Crippen molar-refractivity contribution in [3.05, 3.63) is 35.0 Å². The summed E-state index contributed by atoms with van der Waals surface area (Å²) in [5.41, 5.74) is 0.406. The number of aryl methyl sites for hydroxylation is 1. The van der Waals surface area contributed by atoms with Gasteiger partial charge in [0.1, 0.15) is 5.00 Å². The van der Waals surface area contributed by atoms with Gasteiger partial charge in [-0.05, 0) is 25.5 Å². The fourth-order valence-corrected chi connectivity index (χ4v) is 3.33. The van der Waals surface area contributed by atoms with Crippen LogP contribution in [0.5, 0.6) is 0 Å². The van der Waals surface area contributed by atoms with E-state index in [1.807, 2.05) is 6.92 Å². The number of hydrogen-bond acceptors (Lipinski definition) is 7. The molecule has 1 amide bonds. The van der Waals surface area contributed by atoms with Crippen LogP contribution >= 0.6 is 23.1 Å². The maximum absolute atomic E-state index is 12.1. The minimum atomic E-state index is -0.419. The third kappa shape index (κ3) is 5.04. The van der Waals surface area contributed by atoms with Crippen LogP contribution in [0.3, 0.4) is 0 Å². The summed E-state index contributed by atoms with van der Waals surface area (Å²) in [6.45, 7) is 4.04. The molecule has 0 radical (unpaired) electrons. The molecule has 1 N–H and O–H groups in total. The van der Waals surface area contributed by atoms with Gasteiger partial charge in [0.05, 0.1) is 17.9 Å². The molecule has 8 heteroatoms. The number of carbonyl (C=O) groups is 2. The topological polar surface area (TPSA) is 81.2 Å². The number of carbonyl (C=O) groups excluding carboxylic acids is 2. The first-order valence-corrected chi connectivity index (χ1v) is 8.93. The van der Waals surface area contributed by atoms with Crippen molar-refractivity contribution in [2.75, 3.05) is 17.7 Å². The van der Waals surface area contributed by atoms with E-state index >= 15 is 0 Å². The second kappa shape index (κ2) is 8.64. The van der Waals surface area contributed by atoms with E-state index in [1.54, 1.807) is 31.5 Å². The van der Waals surface area contributed by atoms with Crippen LogP contribution in [0.4, 0.5) is 5.00 Å². The lowest BCUT2D eigenvalue weighted by Gasteiger charge is -2.05. The molecule has 0 atom stereocenters. The SMILES string of the molecule is CCOC(=O)c1cc(CC)sc1NC(=O)CSc1ncccn1. The van der Waals surface area contributed by atoms with Crippen molar-refractivity contribution < 1.29 is 14.3 Å². The highest BCUT2D eigenvalue weighted by atomic mass is 32.2. The number of anilines is 1. The highest BCUT2D eigenvalue weighted by Crippen LogP contribution is 2.29. The number of rotatable bonds is 7. The zero-order valence-electron chi connectivity index (χ0n) is 12.9. The zero-order chi connectivity index (χ0) is 16.7. The van der Waals surface area contributed by atoms with E-state index in [-0.39, 0.29) is 11.7 Å². The maximum Gasteiger partial charge on any atom is 0.341 e. The summed E-state index contributed by atoms with van der Waals surface area (Å²) in [7, 11) is 0. The third-order valence-corrected chi connectivity index (χ3v) is 4.82. The molecule has 122 valence electrons. The second-order valence-corrected chi connectivity index (χ2v) is 6.48. The Kier molecular flexibility index (Phi) is 6.54. The summed E-state index contributed by atoms with van der Waals surface area (Å²) in [6.07, 6.45) is 4.04. The third-order valence-electron chi connectivity index (χ3n) is 2.75. The highest BCUT2D eigenvalue weighted by molar-refractivity contribution is 7.99. The van der Waals surface area contributed by atoms with Gasteiger partial charge in [-0.15, -0.1) is 11.3 Å². The summed E-state index contributed by atoms with van der Waals surface area (Å²) >= 11 is 2.63. The number of nitrogens with one attached hydrogen (secondary N) is 1. The number of hydrogen-bond donors (Lipinski definition) is 1. The van der Waals surface area contributed by atoms with Gasteiger partial charge in [-0.1, -0.05) is 18.7 Å². The van der Waals surface area contributed by atoms with E-state index < -0.39 is 5.97 Å². The van der Waals surface area contributed by atoms with Crippen molar-refractivity contribution in [1.29, 1.82) is 0 Å². The Morgan fingerprint density at radius 2 is 2.04 bits per heavy atom. The Bertz CT molecular complexity index is 674. The molecule has 0 bridgehead atoms. The van der Waals surface area contributed by atoms with Gasteiger partial charge in [0.2, 0.25) is 5.91 Å². The summed E-state index contributed by atoms with van der Waals surface area (Å²) in [4.78, 5) is 33.2. The first-order chi connectivity index (χ1) is 11.1. The van der Waals surface area contributed by atoms with Crippen LogP contribution in [0.2, 0.25) is 0 Å². The average molecular weight is 351 g/mol. The van der Waals surface area contributed by atoms with Crippen molar-refractivity contribution in [2.24, 2.45) is 0 Å². The molecular weight excluding hydrogens is 334 g/mol. The lowest BCUT2D eigenvalue weighted by molar-refractivity contribution is -0.113. The molecule has 6 nitrogen and oxygen atoms in total. The van der Waals surface area contributed by atoms with Crippen LogP contribution in [-0.2, 0) is 16.0 Å². The minimum Gasteiger partial charge on any atom is -0.462 e. The van der Waals surface area contributed by atoms with Crippen molar-refractivity contribution in [3.63, 3.8) is 0 Å². The number of thiophene rings is 1. The first-order valence-electron chi connectivity index (χ1n) is 7.13. The smallest absolute Gasteiger partial charge is 0.341 e. The zero-order valence-corrected chi connectivity index (χ0v) is 14.5. The van der Waals surface area contributed by atoms with Crippen molar-refractivity contribution in [1.82, 2.24) is 9.97 Å². The van der Waals surface area contributed by atoms with Crippen LogP contribution in [0.25, 0.3) is 0 Å². The summed E-state index contributed by atoms with van der Waals surface area (Å²) in [6, 6.07) is 3.49. The second-order valence-electron chi connectivity index (χ2n) is 4.40. The Morgan fingerprint density at radius 3 is 2.70 bits per heavy atom.